The van der Waals surface area contributed by atoms with Crippen molar-refractivity contribution < 1.29 is 19.8 Å². The Morgan fingerprint density at radius 3 is 1.97 bits per heavy atom. The van der Waals surface area contributed by atoms with Crippen molar-refractivity contribution >= 4 is 11.9 Å². The topological polar surface area (TPSA) is 89.9 Å². The monoisotopic (exact) mass is 426 g/mol. The van der Waals surface area contributed by atoms with Gasteiger partial charge in [0, 0.05) is 26.1 Å². The molecule has 0 aliphatic carbocycles. The van der Waals surface area contributed by atoms with Gasteiger partial charge >= 0.3 is 5.97 Å². The van der Waals surface area contributed by atoms with E-state index in [2.05, 4.69) is 24.4 Å². The third-order valence-corrected chi connectivity index (χ3v) is 5.21. The summed E-state index contributed by atoms with van der Waals surface area (Å²) < 4.78 is 0. The Morgan fingerprint density at radius 1 is 0.833 bits per heavy atom. The van der Waals surface area contributed by atoms with Crippen LogP contribution in [0.25, 0.3) is 0 Å². The SMILES string of the molecule is CCCCCCCCC=CCCCCCCCC(=O)N(CCO)CCNCC(=O)O. The number of carbonyl (C=O) groups excluding carboxylic acids is 1. The highest BCUT2D eigenvalue weighted by Crippen LogP contribution is 2.10. The molecule has 176 valence electrons. The lowest BCUT2D eigenvalue weighted by atomic mass is 10.1. The lowest BCUT2D eigenvalue weighted by Gasteiger charge is -2.22. The third kappa shape index (κ3) is 19.9. The summed E-state index contributed by atoms with van der Waals surface area (Å²) >= 11 is 0. The Bertz CT molecular complexity index is 441. The van der Waals surface area contributed by atoms with E-state index in [1.165, 1.54) is 57.8 Å². The number of nitrogens with one attached hydrogen (secondary N) is 1. The van der Waals surface area contributed by atoms with Gasteiger partial charge in [0.1, 0.15) is 0 Å². The van der Waals surface area contributed by atoms with Crippen LogP contribution in [0, 0.1) is 0 Å². The molecule has 0 fully saturated rings. The number of unbranched alkanes of at least 4 members (excludes halogenated alkanes) is 11. The largest absolute Gasteiger partial charge is 0.480 e. The van der Waals surface area contributed by atoms with E-state index in [4.69, 9.17) is 10.2 Å². The van der Waals surface area contributed by atoms with Crippen molar-refractivity contribution in [1.82, 2.24) is 10.2 Å². The molecule has 0 saturated heterocycles. The minimum Gasteiger partial charge on any atom is -0.480 e. The Balaban J connectivity index is 3.58. The van der Waals surface area contributed by atoms with Gasteiger partial charge in [0.15, 0.2) is 0 Å². The van der Waals surface area contributed by atoms with Crippen molar-refractivity contribution in [3.8, 4) is 0 Å². The smallest absolute Gasteiger partial charge is 0.317 e. The van der Waals surface area contributed by atoms with Crippen LogP contribution >= 0.6 is 0 Å². The van der Waals surface area contributed by atoms with Crippen molar-refractivity contribution in [2.75, 3.05) is 32.8 Å². The normalized spacial score (nSPS) is 11.3. The lowest BCUT2D eigenvalue weighted by Crippen LogP contribution is -2.39. The molecule has 0 unspecified atom stereocenters. The molecule has 6 heteroatoms. The molecule has 0 aromatic heterocycles. The number of carboxylic acid groups (broad SMARTS) is 1. The van der Waals surface area contributed by atoms with Gasteiger partial charge in [-0.3, -0.25) is 9.59 Å². The fraction of sp³-hybridized carbons (Fsp3) is 0.833. The molecule has 0 aromatic carbocycles. The van der Waals surface area contributed by atoms with Crippen LogP contribution < -0.4 is 5.32 Å². The first-order chi connectivity index (χ1) is 14.6. The number of aliphatic hydroxyl groups is 1. The molecule has 0 aliphatic heterocycles. The van der Waals surface area contributed by atoms with Gasteiger partial charge in [-0.25, -0.2) is 0 Å². The zero-order chi connectivity index (χ0) is 22.3. The van der Waals surface area contributed by atoms with Crippen LogP contribution in [-0.4, -0.2) is 59.8 Å². The molecular formula is C24H46N2O4. The fourth-order valence-corrected chi connectivity index (χ4v) is 3.40. The molecular weight excluding hydrogens is 380 g/mol. The highest BCUT2D eigenvalue weighted by Gasteiger charge is 2.12. The van der Waals surface area contributed by atoms with E-state index in [1.54, 1.807) is 4.90 Å². The average Bonchev–Trinajstić information content (AvgIpc) is 2.72. The Hall–Kier alpha value is -1.40. The van der Waals surface area contributed by atoms with Gasteiger partial charge in [-0.15, -0.1) is 0 Å². The number of carbonyl (C=O) groups is 2. The minimum absolute atomic E-state index is 0.0406. The van der Waals surface area contributed by atoms with E-state index >= 15 is 0 Å². The van der Waals surface area contributed by atoms with E-state index in [1.807, 2.05) is 0 Å². The fourth-order valence-electron chi connectivity index (χ4n) is 3.40. The first-order valence-electron chi connectivity index (χ1n) is 12.1. The van der Waals surface area contributed by atoms with Crippen LogP contribution in [0.2, 0.25) is 0 Å². The molecule has 6 nitrogen and oxygen atoms in total. The second kappa shape index (κ2) is 22.3. The van der Waals surface area contributed by atoms with Gasteiger partial charge < -0.3 is 20.4 Å². The van der Waals surface area contributed by atoms with Gasteiger partial charge in [0.2, 0.25) is 5.91 Å². The van der Waals surface area contributed by atoms with Gasteiger partial charge in [-0.1, -0.05) is 70.4 Å². The maximum absolute atomic E-state index is 12.3. The first kappa shape index (κ1) is 28.6. The second-order valence-corrected chi connectivity index (χ2v) is 8.01. The van der Waals surface area contributed by atoms with Crippen LogP contribution in [0.15, 0.2) is 12.2 Å². The summed E-state index contributed by atoms with van der Waals surface area (Å²) in [5.41, 5.74) is 0. The number of nitrogens with zero attached hydrogens (tertiary/aromatic N) is 1. The molecule has 0 bridgehead atoms. The summed E-state index contributed by atoms with van der Waals surface area (Å²) in [5, 5.41) is 20.5. The zero-order valence-corrected chi connectivity index (χ0v) is 19.2. The number of hydrogen-bond donors (Lipinski definition) is 3. The van der Waals surface area contributed by atoms with Crippen molar-refractivity contribution in [3.05, 3.63) is 12.2 Å². The molecule has 3 N–H and O–H groups in total. The van der Waals surface area contributed by atoms with Crippen LogP contribution in [0.5, 0.6) is 0 Å². The number of aliphatic hydroxyl groups excluding tert-OH is 1. The van der Waals surface area contributed by atoms with Crippen molar-refractivity contribution in [3.63, 3.8) is 0 Å². The van der Waals surface area contributed by atoms with Crippen molar-refractivity contribution in [2.45, 2.75) is 96.8 Å². The molecule has 0 aromatic rings. The molecule has 0 saturated carbocycles. The van der Waals surface area contributed by atoms with E-state index in [9.17, 15) is 9.59 Å². The standard InChI is InChI=1S/C24H46N2O4/c1-2-3-4-5-6-7-8-9-10-11-12-13-14-15-16-17-23(28)26(20-21-27)19-18-25-22-24(29)30/h9-10,25,27H,2-8,11-22H2,1H3,(H,29,30). The number of rotatable bonds is 22. The minimum atomic E-state index is -0.914. The Morgan fingerprint density at radius 2 is 1.40 bits per heavy atom. The summed E-state index contributed by atoms with van der Waals surface area (Å²) in [7, 11) is 0. The van der Waals surface area contributed by atoms with Crippen molar-refractivity contribution in [1.29, 1.82) is 0 Å². The second-order valence-electron chi connectivity index (χ2n) is 8.01. The third-order valence-electron chi connectivity index (χ3n) is 5.21. The summed E-state index contributed by atoms with van der Waals surface area (Å²) in [5.74, 6) is -0.873. The maximum atomic E-state index is 12.3. The van der Waals surface area contributed by atoms with E-state index in [0.717, 1.165) is 25.7 Å². The molecule has 0 aliphatic rings. The quantitative estimate of drug-likeness (QED) is 0.175. The molecule has 0 heterocycles. The molecule has 0 radical (unpaired) electrons. The lowest BCUT2D eigenvalue weighted by molar-refractivity contribution is -0.135. The van der Waals surface area contributed by atoms with Crippen LogP contribution in [0.3, 0.4) is 0 Å². The average molecular weight is 427 g/mol. The number of hydrogen-bond acceptors (Lipinski definition) is 4. The van der Waals surface area contributed by atoms with Gasteiger partial charge in [-0.2, -0.15) is 0 Å². The van der Waals surface area contributed by atoms with Crippen LogP contribution in [0.1, 0.15) is 96.8 Å². The molecule has 0 spiro atoms. The Labute approximate surface area is 184 Å². The predicted molar refractivity (Wildman–Crippen MR) is 124 cm³/mol. The van der Waals surface area contributed by atoms with Gasteiger partial charge in [-0.05, 0) is 32.1 Å². The van der Waals surface area contributed by atoms with Crippen LogP contribution in [-0.2, 0) is 9.59 Å². The zero-order valence-electron chi connectivity index (χ0n) is 19.2. The number of amides is 1. The van der Waals surface area contributed by atoms with Crippen molar-refractivity contribution in [2.24, 2.45) is 0 Å². The van der Waals surface area contributed by atoms with E-state index in [-0.39, 0.29) is 19.1 Å². The summed E-state index contributed by atoms with van der Waals surface area (Å²) in [4.78, 5) is 24.4. The number of carboxylic acids is 1. The van der Waals surface area contributed by atoms with Gasteiger partial charge in [0.25, 0.3) is 0 Å². The van der Waals surface area contributed by atoms with E-state index < -0.39 is 5.97 Å². The van der Waals surface area contributed by atoms with Crippen LogP contribution in [0.4, 0.5) is 0 Å². The van der Waals surface area contributed by atoms with Gasteiger partial charge in [0.05, 0.1) is 13.2 Å². The summed E-state index contributed by atoms with van der Waals surface area (Å²) in [6.45, 7) is 3.22. The maximum Gasteiger partial charge on any atom is 0.317 e. The molecule has 30 heavy (non-hydrogen) atoms. The van der Waals surface area contributed by atoms with E-state index in [0.29, 0.717) is 26.1 Å². The Kier molecular flexibility index (Phi) is 21.2. The highest BCUT2D eigenvalue weighted by atomic mass is 16.4. The summed E-state index contributed by atoms with van der Waals surface area (Å²) in [6.07, 6.45) is 21.1. The first-order valence-corrected chi connectivity index (χ1v) is 12.1. The molecule has 0 atom stereocenters. The summed E-state index contributed by atoms with van der Waals surface area (Å²) in [6, 6.07) is 0. The predicted octanol–water partition coefficient (Wildman–Crippen LogP) is 4.52. The number of allylic oxidation sites excluding steroid dienone is 2. The number of aliphatic carboxylic acids is 1. The molecule has 0 rings (SSSR count). The highest BCUT2D eigenvalue weighted by molar-refractivity contribution is 5.76. The molecule has 1 amide bonds.